The second-order valence-corrected chi connectivity index (χ2v) is 2.92. The van der Waals surface area contributed by atoms with Crippen LogP contribution in [0.2, 0.25) is 0 Å². The molecule has 0 aromatic heterocycles. The van der Waals surface area contributed by atoms with E-state index in [0.29, 0.717) is 12.0 Å². The Morgan fingerprint density at radius 3 is 2.29 bits per heavy atom. The highest BCUT2D eigenvalue weighted by Gasteiger charge is 2.45. The molecule has 42 valence electrons. The topological polar surface area (TPSA) is 20.2 Å². The van der Waals surface area contributed by atoms with E-state index >= 15 is 0 Å². The van der Waals surface area contributed by atoms with Crippen LogP contribution in [0.15, 0.2) is 0 Å². The van der Waals surface area contributed by atoms with E-state index in [-0.39, 0.29) is 0 Å². The first-order valence-electron chi connectivity index (χ1n) is 2.80. The average molecular weight is 100 g/mol. The molecule has 0 spiro atoms. The lowest BCUT2D eigenvalue weighted by Crippen LogP contribution is -2.01. The zero-order chi connectivity index (χ0) is 5.49. The molecule has 0 bridgehead atoms. The van der Waals surface area contributed by atoms with E-state index in [2.05, 4.69) is 13.8 Å². The van der Waals surface area contributed by atoms with Crippen LogP contribution in [0.3, 0.4) is 0 Å². The number of aliphatic hydroxyl groups excluding tert-OH is 1. The molecule has 1 N–H and O–H groups in total. The van der Waals surface area contributed by atoms with E-state index in [0.717, 1.165) is 5.92 Å². The number of hydrogen-bond donors (Lipinski definition) is 1. The second kappa shape index (κ2) is 1.22. The predicted octanol–water partition coefficient (Wildman–Crippen LogP) is 1.02. The fourth-order valence-electron chi connectivity index (χ4n) is 0.861. The Bertz CT molecular complexity index is 76.2. The first kappa shape index (κ1) is 5.10. The summed E-state index contributed by atoms with van der Waals surface area (Å²) in [7, 11) is 0. The Morgan fingerprint density at radius 1 is 1.86 bits per heavy atom. The normalized spacial score (nSPS) is 49.3. The van der Waals surface area contributed by atoms with Crippen molar-refractivity contribution < 1.29 is 5.11 Å². The SMILES string of the molecule is C[C@H]1CC1(C)CO. The maximum Gasteiger partial charge on any atom is 0.0487 e. The molecule has 1 saturated carbocycles. The van der Waals surface area contributed by atoms with Crippen LogP contribution in [0.1, 0.15) is 20.3 Å². The van der Waals surface area contributed by atoms with Crippen molar-refractivity contribution in [3.8, 4) is 0 Å². The summed E-state index contributed by atoms with van der Waals surface area (Å²) >= 11 is 0. The third kappa shape index (κ3) is 0.653. The summed E-state index contributed by atoms with van der Waals surface area (Å²) in [4.78, 5) is 0. The van der Waals surface area contributed by atoms with Crippen molar-refractivity contribution in [3.63, 3.8) is 0 Å². The molecular formula is C6H12O. The third-order valence-corrected chi connectivity index (χ3v) is 2.16. The molecule has 0 amide bonds. The van der Waals surface area contributed by atoms with Gasteiger partial charge >= 0.3 is 0 Å². The quantitative estimate of drug-likeness (QED) is 0.521. The molecule has 2 atom stereocenters. The van der Waals surface area contributed by atoms with Crippen molar-refractivity contribution in [2.45, 2.75) is 20.3 Å². The van der Waals surface area contributed by atoms with Crippen LogP contribution in [0.5, 0.6) is 0 Å². The molecule has 0 aliphatic heterocycles. The molecule has 7 heavy (non-hydrogen) atoms. The maximum absolute atomic E-state index is 8.64. The number of rotatable bonds is 1. The van der Waals surface area contributed by atoms with E-state index in [4.69, 9.17) is 5.11 Å². The van der Waals surface area contributed by atoms with Crippen LogP contribution in [0.4, 0.5) is 0 Å². The van der Waals surface area contributed by atoms with Gasteiger partial charge in [-0.1, -0.05) is 13.8 Å². The number of aliphatic hydroxyl groups is 1. The van der Waals surface area contributed by atoms with Gasteiger partial charge in [-0.2, -0.15) is 0 Å². The minimum atomic E-state index is 0.306. The second-order valence-electron chi connectivity index (χ2n) is 2.92. The van der Waals surface area contributed by atoms with Crippen LogP contribution in [-0.4, -0.2) is 11.7 Å². The first-order chi connectivity index (χ1) is 3.19. The van der Waals surface area contributed by atoms with Gasteiger partial charge in [0.1, 0.15) is 0 Å². The Hall–Kier alpha value is -0.0400. The van der Waals surface area contributed by atoms with Crippen LogP contribution >= 0.6 is 0 Å². The van der Waals surface area contributed by atoms with Gasteiger partial charge in [0.25, 0.3) is 0 Å². The van der Waals surface area contributed by atoms with Crippen molar-refractivity contribution in [3.05, 3.63) is 0 Å². The van der Waals surface area contributed by atoms with Gasteiger partial charge in [-0.3, -0.25) is 0 Å². The van der Waals surface area contributed by atoms with Gasteiger partial charge in [0.15, 0.2) is 0 Å². The van der Waals surface area contributed by atoms with Crippen LogP contribution in [-0.2, 0) is 0 Å². The Kier molecular flexibility index (Phi) is 0.890. The van der Waals surface area contributed by atoms with Gasteiger partial charge in [-0.25, -0.2) is 0 Å². The zero-order valence-electron chi connectivity index (χ0n) is 4.94. The largest absolute Gasteiger partial charge is 0.396 e. The van der Waals surface area contributed by atoms with E-state index in [1.165, 1.54) is 6.42 Å². The summed E-state index contributed by atoms with van der Waals surface area (Å²) in [6, 6.07) is 0. The lowest BCUT2D eigenvalue weighted by Gasteiger charge is -1.99. The molecule has 1 rings (SSSR count). The minimum Gasteiger partial charge on any atom is -0.396 e. The van der Waals surface area contributed by atoms with E-state index in [9.17, 15) is 0 Å². The molecule has 1 aliphatic carbocycles. The molecule has 0 heterocycles. The van der Waals surface area contributed by atoms with Crippen molar-refractivity contribution in [1.29, 1.82) is 0 Å². The summed E-state index contributed by atoms with van der Waals surface area (Å²) in [5.74, 6) is 0.762. The first-order valence-corrected chi connectivity index (χ1v) is 2.80. The van der Waals surface area contributed by atoms with Gasteiger partial charge in [0.2, 0.25) is 0 Å². The molecule has 0 saturated heterocycles. The molecule has 1 heteroatoms. The lowest BCUT2D eigenvalue weighted by molar-refractivity contribution is 0.214. The Labute approximate surface area is 44.4 Å². The van der Waals surface area contributed by atoms with E-state index in [1.54, 1.807) is 0 Å². The van der Waals surface area contributed by atoms with E-state index < -0.39 is 0 Å². The summed E-state index contributed by atoms with van der Waals surface area (Å²) in [5.41, 5.74) is 0.306. The number of hydrogen-bond acceptors (Lipinski definition) is 1. The maximum atomic E-state index is 8.64. The van der Waals surface area contributed by atoms with Crippen molar-refractivity contribution in [2.75, 3.05) is 6.61 Å². The van der Waals surface area contributed by atoms with Gasteiger partial charge < -0.3 is 5.11 Å². The fraction of sp³-hybridized carbons (Fsp3) is 1.00. The highest BCUT2D eigenvalue weighted by Crippen LogP contribution is 2.50. The van der Waals surface area contributed by atoms with Crippen molar-refractivity contribution in [1.82, 2.24) is 0 Å². The summed E-state index contributed by atoms with van der Waals surface area (Å²) in [6.07, 6.45) is 1.21. The van der Waals surface area contributed by atoms with Gasteiger partial charge in [-0.15, -0.1) is 0 Å². The highest BCUT2D eigenvalue weighted by atomic mass is 16.3. The minimum absolute atomic E-state index is 0.306. The molecular weight excluding hydrogens is 88.1 g/mol. The molecule has 1 fully saturated rings. The third-order valence-electron chi connectivity index (χ3n) is 2.16. The molecule has 1 unspecified atom stereocenters. The summed E-state index contributed by atoms with van der Waals surface area (Å²) in [6.45, 7) is 4.67. The van der Waals surface area contributed by atoms with Gasteiger partial charge in [-0.05, 0) is 17.8 Å². The van der Waals surface area contributed by atoms with Gasteiger partial charge in [0, 0.05) is 6.61 Å². The summed E-state index contributed by atoms with van der Waals surface area (Å²) in [5, 5.41) is 8.64. The molecule has 0 aromatic rings. The highest BCUT2D eigenvalue weighted by molar-refractivity contribution is 4.94. The molecule has 1 aliphatic rings. The Balaban J connectivity index is 2.36. The molecule has 1 nitrogen and oxygen atoms in total. The lowest BCUT2D eigenvalue weighted by atomic mass is 10.1. The predicted molar refractivity (Wildman–Crippen MR) is 29.0 cm³/mol. The zero-order valence-corrected chi connectivity index (χ0v) is 4.94. The van der Waals surface area contributed by atoms with Crippen molar-refractivity contribution >= 4 is 0 Å². The smallest absolute Gasteiger partial charge is 0.0487 e. The van der Waals surface area contributed by atoms with Crippen molar-refractivity contribution in [2.24, 2.45) is 11.3 Å². The Morgan fingerprint density at radius 2 is 2.29 bits per heavy atom. The standard InChI is InChI=1S/C6H12O/c1-5-3-6(5,2)4-7/h5,7H,3-4H2,1-2H3/t5-,6?/m0/s1. The summed E-state index contributed by atoms with van der Waals surface area (Å²) < 4.78 is 0. The van der Waals surface area contributed by atoms with Crippen LogP contribution < -0.4 is 0 Å². The average Bonchev–Trinajstić information content (AvgIpc) is 2.18. The monoisotopic (exact) mass is 100 g/mol. The molecule has 0 aromatic carbocycles. The fourth-order valence-corrected chi connectivity index (χ4v) is 0.861. The van der Waals surface area contributed by atoms with Gasteiger partial charge in [0.05, 0.1) is 0 Å². The van der Waals surface area contributed by atoms with Crippen LogP contribution in [0.25, 0.3) is 0 Å². The molecule has 0 radical (unpaired) electrons. The van der Waals surface area contributed by atoms with E-state index in [1.807, 2.05) is 0 Å². The van der Waals surface area contributed by atoms with Crippen LogP contribution in [0, 0.1) is 11.3 Å².